The Balaban J connectivity index is 0.000000155. The molecule has 0 spiro atoms. The van der Waals surface area contributed by atoms with Gasteiger partial charge in [0.2, 0.25) is 17.1 Å². The van der Waals surface area contributed by atoms with Crippen molar-refractivity contribution < 1.29 is 43.0 Å². The number of nitrogens with zero attached hydrogens (tertiary/aromatic N) is 9. The van der Waals surface area contributed by atoms with E-state index in [2.05, 4.69) is 84.7 Å². The lowest BCUT2D eigenvalue weighted by atomic mass is 10.1. The van der Waals surface area contributed by atoms with Crippen LogP contribution in [0.5, 0.6) is 0 Å². The van der Waals surface area contributed by atoms with Crippen molar-refractivity contribution in [1.29, 1.82) is 0 Å². The molecular weight excluding hydrogens is 1360 g/mol. The van der Waals surface area contributed by atoms with Crippen LogP contribution in [0.1, 0.15) is 142 Å². The minimum atomic E-state index is -0.485. The van der Waals surface area contributed by atoms with Gasteiger partial charge in [-0.2, -0.15) is 0 Å². The molecule has 95 heavy (non-hydrogen) atoms. The number of nitrogens with one attached hydrogen (secondary N) is 3. The van der Waals surface area contributed by atoms with Crippen LogP contribution in [0.3, 0.4) is 0 Å². The van der Waals surface area contributed by atoms with Crippen LogP contribution >= 0.6 is 43.5 Å². The third-order valence-corrected chi connectivity index (χ3v) is 18.2. The number of carbonyl (C=O) groups is 6. The lowest BCUT2D eigenvalue weighted by Crippen LogP contribution is -2.39. The highest BCUT2D eigenvalue weighted by Crippen LogP contribution is 2.39. The Bertz CT molecular complexity index is 3290. The average Bonchev–Trinajstić information content (AvgIpc) is 1.65. The van der Waals surface area contributed by atoms with Crippen LogP contribution in [0.25, 0.3) is 0 Å². The summed E-state index contributed by atoms with van der Waals surface area (Å²) in [5.41, 5.74) is 14.4. The third kappa shape index (κ3) is 23.3. The number of hydrogen-bond acceptors (Lipinski definition) is 18. The fourth-order valence-corrected chi connectivity index (χ4v) is 13.6. The van der Waals surface area contributed by atoms with E-state index in [0.29, 0.717) is 66.2 Å². The second-order valence-corrected chi connectivity index (χ2v) is 31.5. The fraction of sp³-hybridized carbons (Fsp3) is 0.623. The molecule has 6 saturated heterocycles. The zero-order valence-corrected chi connectivity index (χ0v) is 61.5. The highest BCUT2D eigenvalue weighted by Gasteiger charge is 2.47. The Morgan fingerprint density at radius 2 is 0.863 bits per heavy atom. The molecule has 7 N–H and O–H groups in total. The summed E-state index contributed by atoms with van der Waals surface area (Å²) in [7, 11) is 0. The van der Waals surface area contributed by atoms with Crippen LogP contribution in [-0.2, 0) is 28.6 Å². The van der Waals surface area contributed by atoms with Crippen molar-refractivity contribution in [1.82, 2.24) is 40.0 Å². The van der Waals surface area contributed by atoms with Crippen molar-refractivity contribution in [2.45, 2.75) is 183 Å². The van der Waals surface area contributed by atoms with E-state index in [-0.39, 0.29) is 64.7 Å². The summed E-state index contributed by atoms with van der Waals surface area (Å²) in [6.07, 6.45) is 8.66. The molecule has 4 aromatic rings. The van der Waals surface area contributed by atoms with Gasteiger partial charge >= 0.3 is 18.3 Å². The van der Waals surface area contributed by atoms with Gasteiger partial charge in [0.1, 0.15) is 60.9 Å². The van der Waals surface area contributed by atoms with Crippen LogP contribution in [0, 0.1) is 63.2 Å². The van der Waals surface area contributed by atoms with E-state index in [9.17, 15) is 28.8 Å². The van der Waals surface area contributed by atoms with E-state index in [4.69, 9.17) is 42.3 Å². The number of anilines is 6. The lowest BCUT2D eigenvalue weighted by Gasteiger charge is -2.28. The molecule has 4 aromatic heterocycles. The van der Waals surface area contributed by atoms with Gasteiger partial charge in [-0.25, -0.2) is 34.3 Å². The molecule has 3 aliphatic carbocycles. The van der Waals surface area contributed by atoms with Crippen molar-refractivity contribution >= 4 is 114 Å². The van der Waals surface area contributed by atoms with Crippen LogP contribution < -0.4 is 37.2 Å². The normalized spacial score (nSPS) is 22.3. The number of pyridine rings is 4. The summed E-state index contributed by atoms with van der Waals surface area (Å²) in [6, 6.07) is 16.5. The molecule has 5 amide bonds. The number of amides is 5. The molecule has 0 aromatic carbocycles. The van der Waals surface area contributed by atoms with Gasteiger partial charge in [0.05, 0.1) is 12.1 Å². The van der Waals surface area contributed by atoms with Crippen LogP contribution in [0.4, 0.5) is 49.3 Å². The van der Waals surface area contributed by atoms with E-state index in [0.717, 1.165) is 140 Å². The molecular formula is C69H99Br2ClN14O9. The van der Waals surface area contributed by atoms with Crippen molar-refractivity contribution in [3.63, 3.8) is 0 Å². The average molecular weight is 1460 g/mol. The van der Waals surface area contributed by atoms with E-state index in [1.807, 2.05) is 141 Å². The van der Waals surface area contributed by atoms with Crippen LogP contribution in [0.15, 0.2) is 57.7 Å². The van der Waals surface area contributed by atoms with Crippen LogP contribution in [0.2, 0.25) is 0 Å². The Hall–Kier alpha value is -6.57. The summed E-state index contributed by atoms with van der Waals surface area (Å²) < 4.78 is 17.9. The van der Waals surface area contributed by atoms with Crippen molar-refractivity contribution in [2.24, 2.45) is 35.5 Å². The Morgan fingerprint density at radius 1 is 0.484 bits per heavy atom. The molecule has 6 unspecified atom stereocenters. The van der Waals surface area contributed by atoms with E-state index < -0.39 is 11.2 Å². The number of likely N-dealkylation sites (tertiary alicyclic amines) is 3. The first-order valence-corrected chi connectivity index (χ1v) is 35.3. The molecule has 13 rings (SSSR count). The van der Waals surface area contributed by atoms with E-state index in [1.165, 1.54) is 6.42 Å². The molecule has 9 aliphatic rings. The molecule has 0 radical (unpaired) electrons. The first-order valence-electron chi connectivity index (χ1n) is 33.3. The van der Waals surface area contributed by atoms with Gasteiger partial charge < -0.3 is 66.1 Å². The smallest absolute Gasteiger partial charge is 0.410 e. The molecule has 6 aliphatic heterocycles. The van der Waals surface area contributed by atoms with E-state index in [1.54, 1.807) is 0 Å². The SMILES string of the molecule is CC(C)(C)OC(=O)N1CC2CCNC2C1.Cc1cc(Br)nc(NC(=O)C2CC2)c1.Cc1cc(N)nc(Br)c1.Cc1cc(N)nc(N2CCC3CN(C(=O)OC(C)(C)C)CC32)c1.Cc1cc(NC(=O)C2CC2)nc(N2CCC3CN(C(=O)OC(C)(C)C)CC32)c1.O=C(Cl)C1CC1. The fourth-order valence-electron chi connectivity index (χ4n) is 12.2. The van der Waals surface area contributed by atoms with Crippen molar-refractivity contribution in [3.05, 3.63) is 80.0 Å². The standard InChI is InChI=1S/C21H30N4O3.C17H26N4O2.C11H20N2O2.C10H11BrN2O.C6H7BrN2.C4H5ClO/c1-13-9-17(23-19(26)14-5-6-14)22-18(10-13)25-8-7-15-11-24(12-16(15)25)20(27)28-21(2,3)4;1-11-7-14(18)19-15(8-11)21-6-5-12-9-20(10-13(12)21)16(22)23-17(2,3)4;1-11(2,3)15-10(14)13-6-8-4-5-12-9(8)7-13;1-6-4-8(11)12-9(5-6)13-10(14)7-2-3-7;1-4-2-5(7)9-6(8)3-4;5-4(6)3-1-2-3/h9-10,14-16H,5-8,11-12H2,1-4H3,(H,22,23,26);7-8,12-13H,5-6,9-10H2,1-4H3,(H2,18,19);8-9,12H,4-7H2,1-3H3;4-5,7H,2-3H2,1H3,(H,12,13,14);2-3H,1H3,(H2,8,9);3H,1-2H2. The predicted molar refractivity (Wildman–Crippen MR) is 378 cm³/mol. The van der Waals surface area contributed by atoms with Gasteiger partial charge in [0.15, 0.2) is 0 Å². The molecule has 23 nitrogen and oxygen atoms in total. The van der Waals surface area contributed by atoms with Gasteiger partial charge in [-0.05, 0) is 275 Å². The number of fused-ring (bicyclic) bond motifs is 3. The Kier molecular flexibility index (Phi) is 24.8. The van der Waals surface area contributed by atoms with Crippen molar-refractivity contribution in [3.8, 4) is 0 Å². The predicted octanol–water partition coefficient (Wildman–Crippen LogP) is 12.2. The van der Waals surface area contributed by atoms with Gasteiger partial charge in [-0.3, -0.25) is 14.4 Å². The second-order valence-electron chi connectivity index (χ2n) is 29.5. The number of nitrogens with two attached hydrogens (primary N) is 2. The number of hydrogen-bond donors (Lipinski definition) is 5. The summed E-state index contributed by atoms with van der Waals surface area (Å²) in [6.45, 7) is 32.5. The zero-order chi connectivity index (χ0) is 69.4. The summed E-state index contributed by atoms with van der Waals surface area (Å²) in [4.78, 5) is 97.4. The maximum absolute atomic E-state index is 12.5. The van der Waals surface area contributed by atoms with Gasteiger partial charge in [-0.15, -0.1) is 0 Å². The number of halogens is 3. The quantitative estimate of drug-likeness (QED) is 0.0653. The number of rotatable bonds is 7. The Morgan fingerprint density at radius 3 is 1.24 bits per heavy atom. The first kappa shape index (κ1) is 74.2. The number of aryl methyl sites for hydroxylation is 4. The number of nitrogen functional groups attached to an aromatic ring is 2. The molecule has 6 atom stereocenters. The maximum atomic E-state index is 12.5. The number of ether oxygens (including phenoxy) is 3. The molecule has 0 bridgehead atoms. The number of carbonyl (C=O) groups excluding carboxylic acids is 6. The van der Waals surface area contributed by atoms with Gasteiger partial charge in [0.25, 0.3) is 0 Å². The lowest BCUT2D eigenvalue weighted by molar-refractivity contribution is -0.118. The molecule has 26 heteroatoms. The molecule has 10 heterocycles. The topological polar surface area (TPSA) is 286 Å². The minimum Gasteiger partial charge on any atom is -0.444 e. The van der Waals surface area contributed by atoms with Crippen LogP contribution in [-0.4, -0.2) is 164 Å². The summed E-state index contributed by atoms with van der Waals surface area (Å²) >= 11 is 11.6. The largest absolute Gasteiger partial charge is 0.444 e. The maximum Gasteiger partial charge on any atom is 0.410 e. The molecule has 3 saturated carbocycles. The molecule has 520 valence electrons. The zero-order valence-electron chi connectivity index (χ0n) is 57.5. The third-order valence-electron chi connectivity index (χ3n) is 17.1. The second kappa shape index (κ2) is 31.7. The van der Waals surface area contributed by atoms with Gasteiger partial charge in [-0.1, -0.05) is 0 Å². The van der Waals surface area contributed by atoms with E-state index >= 15 is 0 Å². The minimum absolute atomic E-state index is 0.0697. The number of aromatic nitrogens is 4. The first-order chi connectivity index (χ1) is 44.5. The molecule has 9 fully saturated rings. The monoisotopic (exact) mass is 1460 g/mol. The highest BCUT2D eigenvalue weighted by molar-refractivity contribution is 9.10. The highest BCUT2D eigenvalue weighted by atomic mass is 79.9. The Labute approximate surface area is 582 Å². The van der Waals surface area contributed by atoms with Crippen molar-refractivity contribution in [2.75, 3.05) is 90.8 Å². The summed E-state index contributed by atoms with van der Waals surface area (Å²) in [5.74, 6) is 6.46. The van der Waals surface area contributed by atoms with Gasteiger partial charge in [0, 0.05) is 88.0 Å². The summed E-state index contributed by atoms with van der Waals surface area (Å²) in [5, 5.41) is 9.02.